The summed E-state index contributed by atoms with van der Waals surface area (Å²) < 4.78 is 9.72. The van der Waals surface area contributed by atoms with Crippen molar-refractivity contribution in [1.29, 1.82) is 0 Å². The summed E-state index contributed by atoms with van der Waals surface area (Å²) in [7, 11) is 0. The highest BCUT2D eigenvalue weighted by Gasteiger charge is 2.44. The van der Waals surface area contributed by atoms with Gasteiger partial charge in [0.1, 0.15) is 0 Å². The first-order valence-corrected chi connectivity index (χ1v) is 7.71. The molecule has 0 aromatic heterocycles. The monoisotopic (exact) mass is 298 g/mol. The summed E-state index contributed by atoms with van der Waals surface area (Å²) in [5.41, 5.74) is -1.53. The van der Waals surface area contributed by atoms with E-state index in [2.05, 4.69) is 0 Å². The molecule has 2 aliphatic carbocycles. The number of rotatable bonds is 3. The average molecular weight is 298 g/mol. The van der Waals surface area contributed by atoms with Crippen LogP contribution in [0.2, 0.25) is 0 Å². The normalized spacial score (nSPS) is 22.3. The Kier molecular flexibility index (Phi) is 5.20. The van der Waals surface area contributed by atoms with Gasteiger partial charge in [0.15, 0.2) is 0 Å². The van der Waals surface area contributed by atoms with Crippen molar-refractivity contribution in [1.82, 2.24) is 0 Å². The second-order valence-corrected chi connectivity index (χ2v) is 5.97. The molecular weight excluding hydrogens is 276 g/mol. The van der Waals surface area contributed by atoms with Crippen LogP contribution in [0.15, 0.2) is 0 Å². The molecule has 21 heavy (non-hydrogen) atoms. The predicted octanol–water partition coefficient (Wildman–Crippen LogP) is 3.03. The fourth-order valence-corrected chi connectivity index (χ4v) is 3.17. The van der Waals surface area contributed by atoms with Crippen molar-refractivity contribution in [2.45, 2.75) is 69.8 Å². The lowest BCUT2D eigenvalue weighted by Crippen LogP contribution is -2.45. The van der Waals surface area contributed by atoms with Crippen molar-refractivity contribution in [2.24, 2.45) is 5.92 Å². The summed E-state index contributed by atoms with van der Waals surface area (Å²) >= 11 is 0. The van der Waals surface area contributed by atoms with Gasteiger partial charge in [-0.3, -0.25) is 4.79 Å². The molecular formula is C15H22O6. The zero-order valence-electron chi connectivity index (χ0n) is 12.1. The number of hydrogen-bond acceptors (Lipinski definition) is 5. The molecule has 0 unspecified atom stereocenters. The van der Waals surface area contributed by atoms with E-state index >= 15 is 0 Å². The van der Waals surface area contributed by atoms with Gasteiger partial charge in [-0.2, -0.15) is 0 Å². The smallest absolute Gasteiger partial charge is 0.478 e. The summed E-state index contributed by atoms with van der Waals surface area (Å²) in [5.74, 6) is -2.02. The highest BCUT2D eigenvalue weighted by molar-refractivity contribution is 5.86. The molecule has 6 nitrogen and oxygen atoms in total. The Morgan fingerprint density at radius 2 is 1.48 bits per heavy atom. The third-order valence-corrected chi connectivity index (χ3v) is 4.45. The number of ether oxygens (including phenoxy) is 2. The molecule has 1 N–H and O–H groups in total. The van der Waals surface area contributed by atoms with E-state index in [1.54, 1.807) is 0 Å². The highest BCUT2D eigenvalue weighted by atomic mass is 16.8. The number of carboxylic acid groups (broad SMARTS) is 1. The molecule has 0 bridgehead atoms. The average Bonchev–Trinajstić information content (AvgIpc) is 2.48. The van der Waals surface area contributed by atoms with Gasteiger partial charge in [0, 0.05) is 0 Å². The van der Waals surface area contributed by atoms with Gasteiger partial charge in [-0.25, -0.2) is 9.59 Å². The van der Waals surface area contributed by atoms with Crippen LogP contribution in [-0.4, -0.2) is 28.8 Å². The fourth-order valence-electron chi connectivity index (χ4n) is 3.17. The van der Waals surface area contributed by atoms with Crippen LogP contribution in [0.5, 0.6) is 0 Å². The Balaban J connectivity index is 1.90. The third kappa shape index (κ3) is 3.95. The van der Waals surface area contributed by atoms with E-state index in [1.807, 2.05) is 0 Å². The zero-order chi connectivity index (χ0) is 15.3. The number of carboxylic acids is 1. The maximum atomic E-state index is 11.9. The first-order valence-electron chi connectivity index (χ1n) is 7.71. The van der Waals surface area contributed by atoms with Crippen molar-refractivity contribution in [3.05, 3.63) is 0 Å². The van der Waals surface area contributed by atoms with Crippen molar-refractivity contribution in [3.63, 3.8) is 0 Å². The van der Waals surface area contributed by atoms with Gasteiger partial charge in [0.2, 0.25) is 5.60 Å². The standard InChI is InChI=1S/C15H22O6/c16-12(11-7-3-1-4-8-11)20-14(19)21-15(13(17)18)9-5-2-6-10-15/h11H,1-10H2,(H,17,18). The molecule has 0 amide bonds. The Hall–Kier alpha value is -1.59. The van der Waals surface area contributed by atoms with E-state index in [0.717, 1.165) is 38.5 Å². The van der Waals surface area contributed by atoms with E-state index in [-0.39, 0.29) is 18.8 Å². The number of carbonyl (C=O) groups is 3. The summed E-state index contributed by atoms with van der Waals surface area (Å²) in [4.78, 5) is 35.0. The van der Waals surface area contributed by atoms with Crippen LogP contribution < -0.4 is 0 Å². The van der Waals surface area contributed by atoms with E-state index in [1.165, 1.54) is 0 Å². The van der Waals surface area contributed by atoms with Gasteiger partial charge < -0.3 is 14.6 Å². The number of aliphatic carboxylic acids is 1. The van der Waals surface area contributed by atoms with Crippen LogP contribution in [0.25, 0.3) is 0 Å². The second-order valence-electron chi connectivity index (χ2n) is 5.97. The van der Waals surface area contributed by atoms with E-state index in [0.29, 0.717) is 12.8 Å². The van der Waals surface area contributed by atoms with Crippen LogP contribution in [-0.2, 0) is 19.1 Å². The molecule has 2 saturated carbocycles. The Bertz CT molecular complexity index is 404. The van der Waals surface area contributed by atoms with Gasteiger partial charge in [0.25, 0.3) is 0 Å². The van der Waals surface area contributed by atoms with Gasteiger partial charge in [0.05, 0.1) is 5.92 Å². The van der Waals surface area contributed by atoms with E-state index in [4.69, 9.17) is 9.47 Å². The lowest BCUT2D eigenvalue weighted by molar-refractivity contribution is -0.168. The molecule has 0 saturated heterocycles. The van der Waals surface area contributed by atoms with Crippen molar-refractivity contribution >= 4 is 18.1 Å². The fraction of sp³-hybridized carbons (Fsp3) is 0.800. The first kappa shape index (κ1) is 15.8. The predicted molar refractivity (Wildman–Crippen MR) is 72.6 cm³/mol. The quantitative estimate of drug-likeness (QED) is 0.636. The van der Waals surface area contributed by atoms with Crippen LogP contribution in [0.4, 0.5) is 4.79 Å². The minimum atomic E-state index is -1.53. The molecule has 0 aliphatic heterocycles. The summed E-state index contributed by atoms with van der Waals surface area (Å²) in [6, 6.07) is 0. The van der Waals surface area contributed by atoms with Crippen LogP contribution >= 0.6 is 0 Å². The molecule has 0 radical (unpaired) electrons. The molecule has 0 aromatic carbocycles. The Labute approximate surface area is 123 Å². The van der Waals surface area contributed by atoms with Crippen molar-refractivity contribution < 1.29 is 29.0 Å². The van der Waals surface area contributed by atoms with Gasteiger partial charge >= 0.3 is 18.1 Å². The molecule has 0 aromatic rings. The topological polar surface area (TPSA) is 89.9 Å². The van der Waals surface area contributed by atoms with Crippen LogP contribution in [0.3, 0.4) is 0 Å². The lowest BCUT2D eigenvalue weighted by Gasteiger charge is -2.32. The zero-order valence-corrected chi connectivity index (χ0v) is 12.1. The molecule has 0 spiro atoms. The molecule has 2 rings (SSSR count). The van der Waals surface area contributed by atoms with E-state index in [9.17, 15) is 19.5 Å². The molecule has 0 atom stereocenters. The minimum Gasteiger partial charge on any atom is -0.478 e. The first-order chi connectivity index (χ1) is 10.0. The SMILES string of the molecule is O=C(OC(=O)C1CCCCC1)OC1(C(=O)O)CCCCC1. The van der Waals surface area contributed by atoms with Gasteiger partial charge in [-0.05, 0) is 38.5 Å². The van der Waals surface area contributed by atoms with Crippen molar-refractivity contribution in [3.8, 4) is 0 Å². The summed E-state index contributed by atoms with van der Waals surface area (Å²) in [6.45, 7) is 0. The molecule has 6 heteroatoms. The van der Waals surface area contributed by atoms with E-state index < -0.39 is 23.7 Å². The number of carbonyl (C=O) groups excluding carboxylic acids is 2. The third-order valence-electron chi connectivity index (χ3n) is 4.45. The van der Waals surface area contributed by atoms with Crippen LogP contribution in [0.1, 0.15) is 64.2 Å². The van der Waals surface area contributed by atoms with Gasteiger partial charge in [-0.1, -0.05) is 25.7 Å². The second kappa shape index (κ2) is 6.91. The van der Waals surface area contributed by atoms with Crippen LogP contribution in [0, 0.1) is 5.92 Å². The Morgan fingerprint density at radius 3 is 2.05 bits per heavy atom. The van der Waals surface area contributed by atoms with Crippen molar-refractivity contribution in [2.75, 3.05) is 0 Å². The maximum Gasteiger partial charge on any atom is 0.517 e. The molecule has 2 aliphatic rings. The highest BCUT2D eigenvalue weighted by Crippen LogP contribution is 2.32. The minimum absolute atomic E-state index is 0.265. The summed E-state index contributed by atoms with van der Waals surface area (Å²) in [6.07, 6.45) is 6.12. The molecule has 0 heterocycles. The number of hydrogen-bond donors (Lipinski definition) is 1. The maximum absolute atomic E-state index is 11.9. The Morgan fingerprint density at radius 1 is 0.905 bits per heavy atom. The number of esters is 1. The summed E-state index contributed by atoms with van der Waals surface area (Å²) in [5, 5.41) is 9.30. The molecule has 2 fully saturated rings. The van der Waals surface area contributed by atoms with Gasteiger partial charge in [-0.15, -0.1) is 0 Å². The largest absolute Gasteiger partial charge is 0.517 e. The lowest BCUT2D eigenvalue weighted by atomic mass is 9.85. The molecule has 118 valence electrons.